The van der Waals surface area contributed by atoms with Gasteiger partial charge in [0.2, 0.25) is 0 Å². The lowest BCUT2D eigenvalue weighted by Gasteiger charge is -2.26. The molecule has 0 aromatic heterocycles. The van der Waals surface area contributed by atoms with E-state index in [-0.39, 0.29) is 0 Å². The monoisotopic (exact) mass is 243 g/mol. The molecule has 0 saturated carbocycles. The SMILES string of the molecule is c1ccc2cc(SCCC3CNC3)ccc2c1. The van der Waals surface area contributed by atoms with Gasteiger partial charge in [0.05, 0.1) is 0 Å². The van der Waals surface area contributed by atoms with Crippen molar-refractivity contribution < 1.29 is 0 Å². The number of fused-ring (bicyclic) bond motifs is 1. The van der Waals surface area contributed by atoms with E-state index in [1.807, 2.05) is 11.8 Å². The smallest absolute Gasteiger partial charge is 0.00783 e. The third-order valence-electron chi connectivity index (χ3n) is 3.38. The van der Waals surface area contributed by atoms with Gasteiger partial charge in [0, 0.05) is 4.90 Å². The predicted octanol–water partition coefficient (Wildman–Crippen LogP) is 3.54. The second kappa shape index (κ2) is 5.11. The molecule has 0 spiro atoms. The second-order valence-corrected chi connectivity index (χ2v) is 5.84. The average Bonchev–Trinajstić information content (AvgIpc) is 2.32. The summed E-state index contributed by atoms with van der Waals surface area (Å²) in [6.07, 6.45) is 1.34. The van der Waals surface area contributed by atoms with Gasteiger partial charge in [-0.05, 0) is 54.1 Å². The molecule has 3 rings (SSSR count). The third-order valence-corrected chi connectivity index (χ3v) is 4.41. The van der Waals surface area contributed by atoms with Crippen LogP contribution in [0.3, 0.4) is 0 Å². The van der Waals surface area contributed by atoms with Gasteiger partial charge in [-0.25, -0.2) is 0 Å². The molecule has 1 aliphatic rings. The van der Waals surface area contributed by atoms with E-state index >= 15 is 0 Å². The van der Waals surface area contributed by atoms with Crippen molar-refractivity contribution in [3.63, 3.8) is 0 Å². The molecule has 1 fully saturated rings. The number of benzene rings is 2. The van der Waals surface area contributed by atoms with E-state index in [1.165, 1.54) is 40.9 Å². The Morgan fingerprint density at radius 1 is 1.06 bits per heavy atom. The van der Waals surface area contributed by atoms with E-state index in [4.69, 9.17) is 0 Å². The van der Waals surface area contributed by atoms with Crippen LogP contribution in [0.2, 0.25) is 0 Å². The van der Waals surface area contributed by atoms with E-state index in [2.05, 4.69) is 47.8 Å². The minimum absolute atomic E-state index is 0.919. The fourth-order valence-electron chi connectivity index (χ4n) is 2.15. The Hall–Kier alpha value is -0.990. The maximum atomic E-state index is 3.32. The topological polar surface area (TPSA) is 12.0 Å². The highest BCUT2D eigenvalue weighted by atomic mass is 32.2. The Morgan fingerprint density at radius 3 is 2.65 bits per heavy atom. The lowest BCUT2D eigenvalue weighted by Crippen LogP contribution is -2.42. The van der Waals surface area contributed by atoms with Gasteiger partial charge < -0.3 is 5.32 Å². The van der Waals surface area contributed by atoms with E-state index in [9.17, 15) is 0 Å². The fourth-order valence-corrected chi connectivity index (χ4v) is 3.21. The molecule has 2 heteroatoms. The Morgan fingerprint density at radius 2 is 1.88 bits per heavy atom. The van der Waals surface area contributed by atoms with Gasteiger partial charge in [-0.3, -0.25) is 0 Å². The fraction of sp³-hybridized carbons (Fsp3) is 0.333. The van der Waals surface area contributed by atoms with E-state index in [1.54, 1.807) is 0 Å². The highest BCUT2D eigenvalue weighted by Gasteiger charge is 2.15. The van der Waals surface area contributed by atoms with Crippen molar-refractivity contribution in [1.82, 2.24) is 5.32 Å². The first kappa shape index (κ1) is 11.1. The molecule has 0 amide bonds. The number of hydrogen-bond donors (Lipinski definition) is 1. The Bertz CT molecular complexity index is 505. The molecule has 1 heterocycles. The number of rotatable bonds is 4. The normalized spacial score (nSPS) is 16.0. The summed E-state index contributed by atoms with van der Waals surface area (Å²) in [7, 11) is 0. The summed E-state index contributed by atoms with van der Waals surface area (Å²) in [6, 6.07) is 15.3. The molecule has 0 aliphatic carbocycles. The van der Waals surface area contributed by atoms with Gasteiger partial charge in [-0.2, -0.15) is 0 Å². The molecule has 1 nitrogen and oxygen atoms in total. The molecule has 0 radical (unpaired) electrons. The van der Waals surface area contributed by atoms with Crippen LogP contribution < -0.4 is 5.32 Å². The molecule has 17 heavy (non-hydrogen) atoms. The standard InChI is InChI=1S/C15H17NS/c1-2-4-14-9-15(6-5-13(14)3-1)17-8-7-12-10-16-11-12/h1-6,9,12,16H,7-8,10-11H2. The lowest BCUT2D eigenvalue weighted by atomic mass is 10.0. The van der Waals surface area contributed by atoms with Crippen LogP contribution in [0.4, 0.5) is 0 Å². The molecule has 1 aliphatic heterocycles. The Labute approximate surface area is 107 Å². The molecule has 2 aromatic carbocycles. The van der Waals surface area contributed by atoms with E-state index in [0.29, 0.717) is 0 Å². The van der Waals surface area contributed by atoms with Gasteiger partial charge in [-0.15, -0.1) is 11.8 Å². The highest BCUT2D eigenvalue weighted by molar-refractivity contribution is 7.99. The van der Waals surface area contributed by atoms with E-state index < -0.39 is 0 Å². The molecule has 2 aromatic rings. The van der Waals surface area contributed by atoms with Crippen LogP contribution in [0, 0.1) is 5.92 Å². The zero-order valence-electron chi connectivity index (χ0n) is 9.86. The van der Waals surface area contributed by atoms with Gasteiger partial charge >= 0.3 is 0 Å². The zero-order valence-corrected chi connectivity index (χ0v) is 10.7. The van der Waals surface area contributed by atoms with Crippen LogP contribution in [0.5, 0.6) is 0 Å². The van der Waals surface area contributed by atoms with Crippen LogP contribution in [0.25, 0.3) is 10.8 Å². The van der Waals surface area contributed by atoms with Crippen LogP contribution in [0.1, 0.15) is 6.42 Å². The highest BCUT2D eigenvalue weighted by Crippen LogP contribution is 2.25. The molecule has 1 saturated heterocycles. The number of hydrogen-bond acceptors (Lipinski definition) is 2. The summed E-state index contributed by atoms with van der Waals surface area (Å²) < 4.78 is 0. The molecule has 0 bridgehead atoms. The number of thioether (sulfide) groups is 1. The van der Waals surface area contributed by atoms with Crippen LogP contribution in [-0.2, 0) is 0 Å². The molecule has 0 unspecified atom stereocenters. The van der Waals surface area contributed by atoms with Gasteiger partial charge in [0.25, 0.3) is 0 Å². The quantitative estimate of drug-likeness (QED) is 0.824. The van der Waals surface area contributed by atoms with E-state index in [0.717, 1.165) is 5.92 Å². The molecular formula is C15H17NS. The predicted molar refractivity (Wildman–Crippen MR) is 75.6 cm³/mol. The Kier molecular flexibility index (Phi) is 3.34. The lowest BCUT2D eigenvalue weighted by molar-refractivity contribution is 0.341. The van der Waals surface area contributed by atoms with Gasteiger partial charge in [0.15, 0.2) is 0 Å². The largest absolute Gasteiger partial charge is 0.316 e. The Balaban J connectivity index is 1.63. The minimum Gasteiger partial charge on any atom is -0.316 e. The van der Waals surface area contributed by atoms with Crippen LogP contribution >= 0.6 is 11.8 Å². The summed E-state index contributed by atoms with van der Waals surface area (Å²) >= 11 is 1.99. The van der Waals surface area contributed by atoms with Gasteiger partial charge in [0.1, 0.15) is 0 Å². The number of nitrogens with one attached hydrogen (secondary N) is 1. The van der Waals surface area contributed by atoms with Crippen molar-refractivity contribution in [3.8, 4) is 0 Å². The van der Waals surface area contributed by atoms with Crippen LogP contribution in [-0.4, -0.2) is 18.8 Å². The summed E-state index contributed by atoms with van der Waals surface area (Å²) in [6.45, 7) is 2.44. The second-order valence-electron chi connectivity index (χ2n) is 4.67. The summed E-state index contributed by atoms with van der Waals surface area (Å²) in [5, 5.41) is 6.01. The minimum atomic E-state index is 0.919. The summed E-state index contributed by atoms with van der Waals surface area (Å²) in [5.74, 6) is 2.16. The molecule has 1 N–H and O–H groups in total. The maximum Gasteiger partial charge on any atom is 0.00783 e. The summed E-state index contributed by atoms with van der Waals surface area (Å²) in [4.78, 5) is 1.40. The van der Waals surface area contributed by atoms with Crippen molar-refractivity contribution >= 4 is 22.5 Å². The third kappa shape index (κ3) is 2.64. The van der Waals surface area contributed by atoms with Crippen molar-refractivity contribution in [3.05, 3.63) is 42.5 Å². The van der Waals surface area contributed by atoms with Crippen molar-refractivity contribution in [2.24, 2.45) is 5.92 Å². The van der Waals surface area contributed by atoms with Crippen molar-refractivity contribution in [1.29, 1.82) is 0 Å². The zero-order chi connectivity index (χ0) is 11.5. The molecular weight excluding hydrogens is 226 g/mol. The molecule has 88 valence electrons. The first-order valence-corrected chi connectivity index (χ1v) is 7.23. The average molecular weight is 243 g/mol. The van der Waals surface area contributed by atoms with Crippen molar-refractivity contribution in [2.75, 3.05) is 18.8 Å². The maximum absolute atomic E-state index is 3.32. The first-order valence-electron chi connectivity index (χ1n) is 6.24. The van der Waals surface area contributed by atoms with Crippen LogP contribution in [0.15, 0.2) is 47.4 Å². The first-order chi connectivity index (χ1) is 8.42. The van der Waals surface area contributed by atoms with Crippen molar-refractivity contribution in [2.45, 2.75) is 11.3 Å². The van der Waals surface area contributed by atoms with Gasteiger partial charge in [-0.1, -0.05) is 30.3 Å². The summed E-state index contributed by atoms with van der Waals surface area (Å²) in [5.41, 5.74) is 0. The molecule has 0 atom stereocenters.